The summed E-state index contributed by atoms with van der Waals surface area (Å²) in [7, 11) is 0. The van der Waals surface area contributed by atoms with Crippen molar-refractivity contribution in [1.29, 1.82) is 0 Å². The van der Waals surface area contributed by atoms with Gasteiger partial charge in [-0.2, -0.15) is 0 Å². The number of fused-ring (bicyclic) bond motifs is 2. The summed E-state index contributed by atoms with van der Waals surface area (Å²) < 4.78 is 0. The average Bonchev–Trinajstić information content (AvgIpc) is 2.59. The first kappa shape index (κ1) is 12.1. The minimum Gasteiger partial charge on any atom is -0.0651 e. The lowest BCUT2D eigenvalue weighted by Crippen LogP contribution is -2.34. The molecule has 0 amide bonds. The van der Waals surface area contributed by atoms with E-state index in [-0.39, 0.29) is 0 Å². The highest BCUT2D eigenvalue weighted by Crippen LogP contribution is 2.57. The summed E-state index contributed by atoms with van der Waals surface area (Å²) in [6, 6.07) is 0. The third kappa shape index (κ3) is 1.87. The Balaban J connectivity index is 1.78. The third-order valence-corrected chi connectivity index (χ3v) is 6.97. The van der Waals surface area contributed by atoms with Crippen LogP contribution in [0.3, 0.4) is 0 Å². The fourth-order valence-corrected chi connectivity index (χ4v) is 5.89. The zero-order valence-electron chi connectivity index (χ0n) is 12.0. The SMILES string of the molecule is CCC1C(C)C(C)C2C[C@@H]3CCCC[C@@H]3CC12. The Bertz CT molecular complexity index is 269. The van der Waals surface area contributed by atoms with Crippen LogP contribution < -0.4 is 0 Å². The van der Waals surface area contributed by atoms with Gasteiger partial charge in [0.1, 0.15) is 0 Å². The van der Waals surface area contributed by atoms with Gasteiger partial charge in [0.15, 0.2) is 0 Å². The lowest BCUT2D eigenvalue weighted by atomic mass is 9.62. The van der Waals surface area contributed by atoms with Crippen LogP contribution in [0.4, 0.5) is 0 Å². The summed E-state index contributed by atoms with van der Waals surface area (Å²) in [4.78, 5) is 0. The quantitative estimate of drug-likeness (QED) is 0.590. The lowest BCUT2D eigenvalue weighted by Gasteiger charge is -2.43. The maximum atomic E-state index is 2.56. The van der Waals surface area contributed by atoms with Gasteiger partial charge < -0.3 is 0 Å². The number of hydrogen-bond acceptors (Lipinski definition) is 0. The molecule has 0 heterocycles. The summed E-state index contributed by atoms with van der Waals surface area (Å²) in [6.07, 6.45) is 10.8. The van der Waals surface area contributed by atoms with Gasteiger partial charge in [-0.15, -0.1) is 0 Å². The molecule has 0 heteroatoms. The normalized spacial score (nSPS) is 54.2. The summed E-state index contributed by atoms with van der Waals surface area (Å²) in [5.41, 5.74) is 0. The first-order valence-corrected chi connectivity index (χ1v) is 8.22. The highest BCUT2D eigenvalue weighted by Gasteiger charge is 2.50. The van der Waals surface area contributed by atoms with E-state index in [4.69, 9.17) is 0 Å². The van der Waals surface area contributed by atoms with Crippen molar-refractivity contribution >= 4 is 0 Å². The molecule has 0 radical (unpaired) electrons. The standard InChI is InChI=1S/C17H30/c1-4-15-11(2)12(3)16-9-13-7-5-6-8-14(13)10-17(15)16/h11-17H,4-10H2,1-3H3/t11?,12?,13-,14+,15?,16?,17?/m0/s1. The first-order chi connectivity index (χ1) is 8.22. The maximum absolute atomic E-state index is 2.56. The molecule has 0 bridgehead atoms. The summed E-state index contributed by atoms with van der Waals surface area (Å²) in [5, 5.41) is 0. The molecule has 98 valence electrons. The third-order valence-electron chi connectivity index (χ3n) is 6.97. The van der Waals surface area contributed by atoms with E-state index in [1.807, 2.05) is 0 Å². The Morgan fingerprint density at radius 1 is 0.824 bits per heavy atom. The van der Waals surface area contributed by atoms with Gasteiger partial charge >= 0.3 is 0 Å². The molecule has 0 aromatic carbocycles. The van der Waals surface area contributed by atoms with Crippen LogP contribution >= 0.6 is 0 Å². The van der Waals surface area contributed by atoms with Crippen molar-refractivity contribution in [3.05, 3.63) is 0 Å². The highest BCUT2D eigenvalue weighted by atomic mass is 14.5. The monoisotopic (exact) mass is 234 g/mol. The molecule has 3 saturated carbocycles. The largest absolute Gasteiger partial charge is 0.0651 e. The van der Waals surface area contributed by atoms with E-state index in [9.17, 15) is 0 Å². The topological polar surface area (TPSA) is 0 Å². The lowest BCUT2D eigenvalue weighted by molar-refractivity contribution is 0.0656. The molecule has 0 saturated heterocycles. The van der Waals surface area contributed by atoms with Crippen molar-refractivity contribution in [1.82, 2.24) is 0 Å². The van der Waals surface area contributed by atoms with Crippen LogP contribution in [-0.2, 0) is 0 Å². The molecule has 7 atom stereocenters. The molecule has 5 unspecified atom stereocenters. The van der Waals surface area contributed by atoms with Gasteiger partial charge in [0.2, 0.25) is 0 Å². The number of rotatable bonds is 1. The fourth-order valence-electron chi connectivity index (χ4n) is 5.89. The Kier molecular flexibility index (Phi) is 3.26. The first-order valence-electron chi connectivity index (χ1n) is 8.22. The second-order valence-electron chi connectivity index (χ2n) is 7.39. The highest BCUT2D eigenvalue weighted by molar-refractivity contribution is 4.99. The van der Waals surface area contributed by atoms with Gasteiger partial charge in [-0.05, 0) is 54.3 Å². The fraction of sp³-hybridized carbons (Fsp3) is 1.00. The van der Waals surface area contributed by atoms with E-state index < -0.39 is 0 Å². The van der Waals surface area contributed by atoms with Crippen LogP contribution in [0, 0.1) is 41.4 Å². The van der Waals surface area contributed by atoms with Gasteiger partial charge in [-0.25, -0.2) is 0 Å². The Morgan fingerprint density at radius 2 is 1.41 bits per heavy atom. The van der Waals surface area contributed by atoms with E-state index >= 15 is 0 Å². The van der Waals surface area contributed by atoms with Crippen LogP contribution in [-0.4, -0.2) is 0 Å². The molecule has 17 heavy (non-hydrogen) atoms. The molecule has 3 fully saturated rings. The van der Waals surface area contributed by atoms with Crippen molar-refractivity contribution < 1.29 is 0 Å². The molecule has 3 rings (SSSR count). The van der Waals surface area contributed by atoms with Crippen LogP contribution in [0.15, 0.2) is 0 Å². The molecule has 0 nitrogen and oxygen atoms in total. The molecule has 0 aliphatic heterocycles. The van der Waals surface area contributed by atoms with Gasteiger partial charge in [0.05, 0.1) is 0 Å². The second-order valence-corrected chi connectivity index (χ2v) is 7.39. The van der Waals surface area contributed by atoms with Crippen molar-refractivity contribution in [2.24, 2.45) is 41.4 Å². The van der Waals surface area contributed by atoms with Gasteiger partial charge in [0, 0.05) is 0 Å². The zero-order chi connectivity index (χ0) is 12.0. The number of hydrogen-bond donors (Lipinski definition) is 0. The Hall–Kier alpha value is 0. The molecule has 3 aliphatic carbocycles. The Morgan fingerprint density at radius 3 is 2.00 bits per heavy atom. The van der Waals surface area contributed by atoms with Crippen molar-refractivity contribution in [3.8, 4) is 0 Å². The zero-order valence-corrected chi connectivity index (χ0v) is 12.0. The molecule has 0 spiro atoms. The van der Waals surface area contributed by atoms with Gasteiger partial charge in [-0.1, -0.05) is 52.9 Å². The van der Waals surface area contributed by atoms with E-state index in [1.54, 1.807) is 25.7 Å². The summed E-state index contributed by atoms with van der Waals surface area (Å²) in [6.45, 7) is 7.53. The van der Waals surface area contributed by atoms with Crippen LogP contribution in [0.2, 0.25) is 0 Å². The van der Waals surface area contributed by atoms with E-state index in [2.05, 4.69) is 20.8 Å². The van der Waals surface area contributed by atoms with Gasteiger partial charge in [-0.3, -0.25) is 0 Å². The second kappa shape index (κ2) is 4.59. The van der Waals surface area contributed by atoms with Crippen LogP contribution in [0.5, 0.6) is 0 Å². The molecule has 0 aromatic heterocycles. The van der Waals surface area contributed by atoms with E-state index in [1.165, 1.54) is 19.3 Å². The Labute approximate surface area is 108 Å². The predicted octanol–water partition coefficient (Wildman–Crippen LogP) is 5.13. The van der Waals surface area contributed by atoms with Crippen molar-refractivity contribution in [3.63, 3.8) is 0 Å². The average molecular weight is 234 g/mol. The van der Waals surface area contributed by atoms with Crippen LogP contribution in [0.25, 0.3) is 0 Å². The van der Waals surface area contributed by atoms with Crippen molar-refractivity contribution in [2.45, 2.75) is 65.7 Å². The van der Waals surface area contributed by atoms with E-state index in [0.29, 0.717) is 0 Å². The molecular formula is C17H30. The molecule has 0 aromatic rings. The summed E-state index contributed by atoms with van der Waals surface area (Å²) >= 11 is 0. The minimum atomic E-state index is 0.996. The smallest absolute Gasteiger partial charge is 0.0349 e. The molecule has 3 aliphatic rings. The minimum absolute atomic E-state index is 0.996. The van der Waals surface area contributed by atoms with Crippen molar-refractivity contribution in [2.75, 3.05) is 0 Å². The molecular weight excluding hydrogens is 204 g/mol. The van der Waals surface area contributed by atoms with Crippen LogP contribution in [0.1, 0.15) is 65.7 Å². The van der Waals surface area contributed by atoms with Gasteiger partial charge in [0.25, 0.3) is 0 Å². The molecule has 0 N–H and O–H groups in total. The summed E-state index contributed by atoms with van der Waals surface area (Å²) in [5.74, 6) is 7.49. The maximum Gasteiger partial charge on any atom is -0.0349 e. The predicted molar refractivity (Wildman–Crippen MR) is 73.8 cm³/mol. The van der Waals surface area contributed by atoms with E-state index in [0.717, 1.165) is 41.4 Å².